The molecule has 3 rings (SSSR count). The maximum Gasteiger partial charge on any atom is 0.263 e. The van der Waals surface area contributed by atoms with E-state index in [1.807, 2.05) is 38.1 Å². The molecule has 1 aromatic heterocycles. The van der Waals surface area contributed by atoms with E-state index in [1.165, 1.54) is 16.3 Å². The van der Waals surface area contributed by atoms with Crippen molar-refractivity contribution in [2.45, 2.75) is 32.9 Å². The molecule has 0 saturated heterocycles. The molecule has 1 amide bonds. The normalized spacial score (nSPS) is 12.3. The van der Waals surface area contributed by atoms with E-state index in [4.69, 9.17) is 9.26 Å². The molecule has 0 spiro atoms. The summed E-state index contributed by atoms with van der Waals surface area (Å²) in [6, 6.07) is 14.3. The topological polar surface area (TPSA) is 106 Å². The lowest BCUT2D eigenvalue weighted by molar-refractivity contribution is -0.138. The Labute approximate surface area is 194 Å². The molecule has 176 valence electrons. The van der Waals surface area contributed by atoms with Crippen molar-refractivity contribution < 1.29 is 22.5 Å². The zero-order chi connectivity index (χ0) is 24.2. The van der Waals surface area contributed by atoms with Crippen LogP contribution in [-0.2, 0) is 21.4 Å². The molecule has 0 aliphatic rings. The van der Waals surface area contributed by atoms with Crippen LogP contribution in [0.4, 0.5) is 5.69 Å². The molecule has 1 atom stereocenters. The van der Waals surface area contributed by atoms with E-state index in [2.05, 4.69) is 10.1 Å². The Balaban J connectivity index is 1.63. The Bertz CT molecular complexity index is 1190. The first-order valence-electron chi connectivity index (χ1n) is 10.4. The lowest BCUT2D eigenvalue weighted by Crippen LogP contribution is -2.39. The third-order valence-electron chi connectivity index (χ3n) is 5.15. The van der Waals surface area contributed by atoms with Gasteiger partial charge in [0.25, 0.3) is 5.91 Å². The largest absolute Gasteiger partial charge is 0.481 e. The molecule has 9 nitrogen and oxygen atoms in total. The molecule has 0 radical (unpaired) electrons. The molecule has 0 N–H and O–H groups in total. The van der Waals surface area contributed by atoms with Crippen molar-refractivity contribution in [3.8, 4) is 17.1 Å². The highest BCUT2D eigenvalue weighted by molar-refractivity contribution is 7.92. The van der Waals surface area contributed by atoms with E-state index < -0.39 is 16.1 Å². The van der Waals surface area contributed by atoms with Crippen LogP contribution in [0.15, 0.2) is 53.1 Å². The lowest BCUT2D eigenvalue weighted by atomic mass is 10.1. The van der Waals surface area contributed by atoms with Crippen LogP contribution in [0.1, 0.15) is 24.8 Å². The standard InChI is InChI=1S/C23H28N4O5S/c1-6-20(31-19-13-11-18(12-14-19)27(4)33(5,29)30)23(28)26(3)15-21-24-22(25-32-21)17-9-7-16(2)8-10-17/h7-14,20H,6,15H2,1-5H3/t20-/m1/s1. The summed E-state index contributed by atoms with van der Waals surface area (Å²) in [5.74, 6) is 1.02. The predicted octanol–water partition coefficient (Wildman–Crippen LogP) is 3.26. The minimum atomic E-state index is -3.36. The third-order valence-corrected chi connectivity index (χ3v) is 6.35. The summed E-state index contributed by atoms with van der Waals surface area (Å²) in [7, 11) is -0.238. The second-order valence-corrected chi connectivity index (χ2v) is 9.82. The van der Waals surface area contributed by atoms with Gasteiger partial charge in [-0.2, -0.15) is 4.98 Å². The van der Waals surface area contributed by atoms with Gasteiger partial charge in [-0.25, -0.2) is 8.42 Å². The van der Waals surface area contributed by atoms with Gasteiger partial charge in [-0.1, -0.05) is 41.9 Å². The van der Waals surface area contributed by atoms with E-state index in [1.54, 1.807) is 31.3 Å². The number of carbonyl (C=O) groups excluding carboxylic acids is 1. The van der Waals surface area contributed by atoms with Crippen LogP contribution in [0.2, 0.25) is 0 Å². The number of hydrogen-bond donors (Lipinski definition) is 0. The van der Waals surface area contributed by atoms with Gasteiger partial charge in [0.05, 0.1) is 18.5 Å². The van der Waals surface area contributed by atoms with Crippen LogP contribution in [0.3, 0.4) is 0 Å². The highest BCUT2D eigenvalue weighted by Crippen LogP contribution is 2.22. The molecule has 0 saturated carbocycles. The van der Waals surface area contributed by atoms with E-state index >= 15 is 0 Å². The Kier molecular flexibility index (Phi) is 7.37. The summed E-state index contributed by atoms with van der Waals surface area (Å²) in [5.41, 5.74) is 2.47. The first kappa shape index (κ1) is 24.2. The monoisotopic (exact) mass is 472 g/mol. The Hall–Kier alpha value is -3.40. The van der Waals surface area contributed by atoms with Crippen LogP contribution in [0.25, 0.3) is 11.4 Å². The fraction of sp³-hybridized carbons (Fsp3) is 0.348. The minimum Gasteiger partial charge on any atom is -0.481 e. The maximum absolute atomic E-state index is 12.9. The van der Waals surface area contributed by atoms with Gasteiger partial charge in [-0.15, -0.1) is 0 Å². The number of aromatic nitrogens is 2. The number of benzene rings is 2. The summed E-state index contributed by atoms with van der Waals surface area (Å²) in [4.78, 5) is 18.8. The van der Waals surface area contributed by atoms with Crippen molar-refractivity contribution in [2.24, 2.45) is 0 Å². The lowest BCUT2D eigenvalue weighted by Gasteiger charge is -2.23. The molecule has 33 heavy (non-hydrogen) atoms. The quantitative estimate of drug-likeness (QED) is 0.471. The molecule has 1 heterocycles. The van der Waals surface area contributed by atoms with E-state index in [0.29, 0.717) is 29.6 Å². The Morgan fingerprint density at radius 3 is 2.30 bits per heavy atom. The molecule has 0 fully saturated rings. The molecule has 0 aliphatic heterocycles. The first-order chi connectivity index (χ1) is 15.6. The van der Waals surface area contributed by atoms with Gasteiger partial charge in [0, 0.05) is 19.7 Å². The number of nitrogens with zero attached hydrogens (tertiary/aromatic N) is 4. The summed E-state index contributed by atoms with van der Waals surface area (Å²) in [6.07, 6.45) is 0.867. The number of amides is 1. The Morgan fingerprint density at radius 2 is 1.73 bits per heavy atom. The maximum atomic E-state index is 12.9. The first-order valence-corrected chi connectivity index (χ1v) is 12.3. The van der Waals surface area contributed by atoms with Crippen molar-refractivity contribution in [3.05, 3.63) is 60.0 Å². The highest BCUT2D eigenvalue weighted by atomic mass is 32.2. The highest BCUT2D eigenvalue weighted by Gasteiger charge is 2.24. The minimum absolute atomic E-state index is 0.148. The van der Waals surface area contributed by atoms with Crippen LogP contribution in [0, 0.1) is 6.92 Å². The number of rotatable bonds is 9. The predicted molar refractivity (Wildman–Crippen MR) is 125 cm³/mol. The average Bonchev–Trinajstić information content (AvgIpc) is 3.25. The second-order valence-electron chi connectivity index (χ2n) is 7.81. The molecule has 0 bridgehead atoms. The molecule has 0 aliphatic carbocycles. The number of likely N-dealkylation sites (N-methyl/N-ethyl adjacent to an activating group) is 1. The number of anilines is 1. The fourth-order valence-electron chi connectivity index (χ4n) is 3.06. The summed E-state index contributed by atoms with van der Waals surface area (Å²) >= 11 is 0. The summed E-state index contributed by atoms with van der Waals surface area (Å²) in [5, 5.41) is 4.00. The van der Waals surface area contributed by atoms with Gasteiger partial charge in [-0.3, -0.25) is 9.10 Å². The van der Waals surface area contributed by atoms with Gasteiger partial charge in [0.15, 0.2) is 6.10 Å². The van der Waals surface area contributed by atoms with Crippen molar-refractivity contribution in [2.75, 3.05) is 24.7 Å². The van der Waals surface area contributed by atoms with Gasteiger partial charge in [0.1, 0.15) is 5.75 Å². The van der Waals surface area contributed by atoms with Gasteiger partial charge in [-0.05, 0) is 37.6 Å². The molecule has 3 aromatic rings. The fourth-order valence-corrected chi connectivity index (χ4v) is 3.57. The van der Waals surface area contributed by atoms with E-state index in [9.17, 15) is 13.2 Å². The molecule has 2 aromatic carbocycles. The smallest absolute Gasteiger partial charge is 0.263 e. The zero-order valence-corrected chi connectivity index (χ0v) is 20.2. The zero-order valence-electron chi connectivity index (χ0n) is 19.3. The van der Waals surface area contributed by atoms with Crippen molar-refractivity contribution >= 4 is 21.6 Å². The average molecular weight is 473 g/mol. The summed E-state index contributed by atoms with van der Waals surface area (Å²) < 4.78 is 35.7. The molecule has 10 heteroatoms. The van der Waals surface area contributed by atoms with Crippen LogP contribution < -0.4 is 9.04 Å². The second kappa shape index (κ2) is 10.0. The van der Waals surface area contributed by atoms with Gasteiger partial charge in [0.2, 0.25) is 21.7 Å². The van der Waals surface area contributed by atoms with Crippen molar-refractivity contribution in [1.82, 2.24) is 15.0 Å². The van der Waals surface area contributed by atoms with Crippen molar-refractivity contribution in [3.63, 3.8) is 0 Å². The Morgan fingerprint density at radius 1 is 1.09 bits per heavy atom. The number of hydrogen-bond acceptors (Lipinski definition) is 7. The van der Waals surface area contributed by atoms with Crippen LogP contribution in [0.5, 0.6) is 5.75 Å². The summed E-state index contributed by atoms with van der Waals surface area (Å²) in [6.45, 7) is 4.00. The third kappa shape index (κ3) is 6.10. The number of aryl methyl sites for hydroxylation is 1. The number of ether oxygens (including phenoxy) is 1. The SMILES string of the molecule is CC[C@@H](Oc1ccc(N(C)S(C)(=O)=O)cc1)C(=O)N(C)Cc1nc(-c2ccc(C)cc2)no1. The van der Waals surface area contributed by atoms with Crippen molar-refractivity contribution in [1.29, 1.82) is 0 Å². The molecular weight excluding hydrogens is 444 g/mol. The van der Waals surface area contributed by atoms with E-state index in [0.717, 1.165) is 17.4 Å². The molecule has 0 unspecified atom stereocenters. The number of sulfonamides is 1. The van der Waals surface area contributed by atoms with Gasteiger partial charge < -0.3 is 14.2 Å². The van der Waals surface area contributed by atoms with Gasteiger partial charge >= 0.3 is 0 Å². The van der Waals surface area contributed by atoms with E-state index in [-0.39, 0.29) is 12.5 Å². The van der Waals surface area contributed by atoms with Crippen LogP contribution in [-0.4, -0.2) is 55.8 Å². The van der Waals surface area contributed by atoms with Crippen LogP contribution >= 0.6 is 0 Å². The number of carbonyl (C=O) groups is 1. The molecular formula is C23H28N4O5S.